The minimum atomic E-state index is -3.19. The fourth-order valence-electron chi connectivity index (χ4n) is 2.97. The first-order valence-electron chi connectivity index (χ1n) is 6.99. The molecule has 1 saturated carbocycles. The first kappa shape index (κ1) is 15.5. The van der Waals surface area contributed by atoms with Crippen LogP contribution < -0.4 is 5.73 Å². The number of nitrogens with two attached hydrogens (primary N) is 1. The summed E-state index contributed by atoms with van der Waals surface area (Å²) in [6.07, 6.45) is 2.22. The number of benzene rings is 1. The van der Waals surface area contributed by atoms with E-state index in [4.69, 9.17) is 10.5 Å². The molecule has 0 amide bonds. The lowest BCUT2D eigenvalue weighted by molar-refractivity contribution is 0.125. The molecule has 2 rings (SSSR count). The van der Waals surface area contributed by atoms with Gasteiger partial charge in [-0.2, -0.15) is 0 Å². The van der Waals surface area contributed by atoms with Crippen molar-refractivity contribution in [3.63, 3.8) is 0 Å². The molecule has 1 aromatic carbocycles. The first-order valence-corrected chi connectivity index (χ1v) is 8.94. The summed E-state index contributed by atoms with van der Waals surface area (Å²) >= 11 is 0. The van der Waals surface area contributed by atoms with E-state index in [0.717, 1.165) is 12.0 Å². The van der Waals surface area contributed by atoms with Crippen LogP contribution in [0.3, 0.4) is 0 Å². The van der Waals surface area contributed by atoms with Crippen molar-refractivity contribution in [3.05, 3.63) is 35.4 Å². The van der Waals surface area contributed by atoms with Crippen LogP contribution >= 0.6 is 0 Å². The number of ether oxygens (including phenoxy) is 1. The molecule has 5 heteroatoms. The highest BCUT2D eigenvalue weighted by Crippen LogP contribution is 2.54. The fraction of sp³-hybridized carbons (Fsp3) is 0.600. The van der Waals surface area contributed by atoms with Gasteiger partial charge in [0.15, 0.2) is 9.84 Å². The molecule has 4 nitrogen and oxygen atoms in total. The first-order chi connectivity index (χ1) is 9.34. The Labute approximate surface area is 121 Å². The van der Waals surface area contributed by atoms with Crippen molar-refractivity contribution in [2.45, 2.75) is 37.0 Å². The molecule has 1 aliphatic carbocycles. The summed E-state index contributed by atoms with van der Waals surface area (Å²) in [5.74, 6) is -0.171. The van der Waals surface area contributed by atoms with Crippen molar-refractivity contribution < 1.29 is 13.2 Å². The second-order valence-electron chi connectivity index (χ2n) is 5.57. The molecule has 2 N–H and O–H groups in total. The Kier molecular flexibility index (Phi) is 4.23. The molecular weight excluding hydrogens is 274 g/mol. The molecule has 3 unspecified atom stereocenters. The Hall–Kier alpha value is -0.910. The van der Waals surface area contributed by atoms with Crippen LogP contribution in [0.4, 0.5) is 0 Å². The van der Waals surface area contributed by atoms with Gasteiger partial charge in [0.1, 0.15) is 0 Å². The van der Waals surface area contributed by atoms with E-state index >= 15 is 0 Å². The maximum absolute atomic E-state index is 11.9. The van der Waals surface area contributed by atoms with Gasteiger partial charge in [-0.15, -0.1) is 0 Å². The zero-order valence-electron chi connectivity index (χ0n) is 12.3. The highest BCUT2D eigenvalue weighted by atomic mass is 32.2. The highest BCUT2D eigenvalue weighted by Gasteiger charge is 2.67. The van der Waals surface area contributed by atoms with E-state index in [1.807, 2.05) is 31.2 Å². The molecule has 0 spiro atoms. The molecule has 1 fully saturated rings. The van der Waals surface area contributed by atoms with E-state index in [2.05, 4.69) is 6.92 Å². The molecule has 112 valence electrons. The molecule has 0 heterocycles. The highest BCUT2D eigenvalue weighted by molar-refractivity contribution is 7.91. The van der Waals surface area contributed by atoms with Crippen molar-refractivity contribution in [1.29, 1.82) is 0 Å². The van der Waals surface area contributed by atoms with Gasteiger partial charge in [-0.25, -0.2) is 8.42 Å². The summed E-state index contributed by atoms with van der Waals surface area (Å²) in [6.45, 7) is 4.79. The van der Waals surface area contributed by atoms with Crippen LogP contribution in [0.2, 0.25) is 0 Å². The normalized spacial score (nSPS) is 29.4. The van der Waals surface area contributed by atoms with Gasteiger partial charge in [-0.05, 0) is 24.5 Å². The molecule has 1 aliphatic rings. The molecule has 0 saturated heterocycles. The van der Waals surface area contributed by atoms with Crippen LogP contribution in [0, 0.1) is 0 Å². The molecule has 3 atom stereocenters. The lowest BCUT2D eigenvalue weighted by atomic mass is 10.0. The number of aryl methyl sites for hydroxylation is 1. The minimum Gasteiger partial charge on any atom is -0.380 e. The monoisotopic (exact) mass is 297 g/mol. The van der Waals surface area contributed by atoms with Gasteiger partial charge in [0.2, 0.25) is 0 Å². The molecule has 0 bridgehead atoms. The summed E-state index contributed by atoms with van der Waals surface area (Å²) in [5, 5.41) is -0.547. The summed E-state index contributed by atoms with van der Waals surface area (Å²) in [4.78, 5) is 0. The standard InChI is InChI=1S/C15H23NO3S/c1-4-11-6-8-12(9-7-11)13-14(20(3,17)18)15(13,16)10-19-5-2/h6-9,13-14H,4-5,10,16H2,1-3H3. The van der Waals surface area contributed by atoms with Gasteiger partial charge in [0.05, 0.1) is 17.4 Å². The maximum atomic E-state index is 11.9. The zero-order valence-corrected chi connectivity index (χ0v) is 13.1. The quantitative estimate of drug-likeness (QED) is 0.864. The number of rotatable bonds is 6. The van der Waals surface area contributed by atoms with Crippen molar-refractivity contribution in [2.75, 3.05) is 19.5 Å². The molecule has 0 aromatic heterocycles. The minimum absolute atomic E-state index is 0.171. The Balaban J connectivity index is 2.28. The number of hydrogen-bond acceptors (Lipinski definition) is 4. The van der Waals surface area contributed by atoms with E-state index in [-0.39, 0.29) is 12.5 Å². The van der Waals surface area contributed by atoms with Crippen molar-refractivity contribution >= 4 is 9.84 Å². The van der Waals surface area contributed by atoms with Crippen LogP contribution in [0.15, 0.2) is 24.3 Å². The largest absolute Gasteiger partial charge is 0.380 e. The molecular formula is C15H23NO3S. The smallest absolute Gasteiger partial charge is 0.152 e. The van der Waals surface area contributed by atoms with E-state index in [0.29, 0.717) is 6.61 Å². The van der Waals surface area contributed by atoms with Gasteiger partial charge in [-0.1, -0.05) is 31.2 Å². The molecule has 20 heavy (non-hydrogen) atoms. The fourth-order valence-corrected chi connectivity index (χ4v) is 4.80. The Morgan fingerprint density at radius 2 is 1.85 bits per heavy atom. The van der Waals surface area contributed by atoms with Crippen LogP contribution in [0.1, 0.15) is 30.9 Å². The van der Waals surface area contributed by atoms with E-state index in [9.17, 15) is 8.42 Å². The summed E-state index contributed by atoms with van der Waals surface area (Å²) in [6, 6.07) is 8.05. The van der Waals surface area contributed by atoms with Crippen molar-refractivity contribution in [1.82, 2.24) is 0 Å². The second kappa shape index (κ2) is 5.47. The maximum Gasteiger partial charge on any atom is 0.152 e. The third-order valence-electron chi connectivity index (χ3n) is 4.07. The van der Waals surface area contributed by atoms with Crippen LogP contribution in [0.5, 0.6) is 0 Å². The van der Waals surface area contributed by atoms with Gasteiger partial charge in [0, 0.05) is 18.8 Å². The van der Waals surface area contributed by atoms with E-state index in [1.165, 1.54) is 11.8 Å². The Morgan fingerprint density at radius 3 is 2.30 bits per heavy atom. The van der Waals surface area contributed by atoms with Crippen LogP contribution in [-0.2, 0) is 21.0 Å². The van der Waals surface area contributed by atoms with Gasteiger partial charge >= 0.3 is 0 Å². The molecule has 0 radical (unpaired) electrons. The third kappa shape index (κ3) is 2.75. The molecule has 1 aromatic rings. The van der Waals surface area contributed by atoms with Crippen molar-refractivity contribution in [3.8, 4) is 0 Å². The van der Waals surface area contributed by atoms with E-state index < -0.39 is 20.6 Å². The van der Waals surface area contributed by atoms with Gasteiger partial charge < -0.3 is 10.5 Å². The Bertz CT molecular complexity index is 567. The lowest BCUT2D eigenvalue weighted by Crippen LogP contribution is -2.36. The van der Waals surface area contributed by atoms with Crippen LogP contribution in [-0.4, -0.2) is 38.7 Å². The van der Waals surface area contributed by atoms with E-state index in [1.54, 1.807) is 0 Å². The third-order valence-corrected chi connectivity index (χ3v) is 5.70. The summed E-state index contributed by atoms with van der Waals surface area (Å²) in [5.41, 5.74) is 7.73. The number of hydrogen-bond donors (Lipinski definition) is 1. The SMILES string of the molecule is CCOCC1(N)C(c2ccc(CC)cc2)C1S(C)(=O)=O. The molecule has 0 aliphatic heterocycles. The van der Waals surface area contributed by atoms with Crippen LogP contribution in [0.25, 0.3) is 0 Å². The average Bonchev–Trinajstić information content (AvgIpc) is 3.03. The van der Waals surface area contributed by atoms with Crippen molar-refractivity contribution in [2.24, 2.45) is 5.73 Å². The second-order valence-corrected chi connectivity index (χ2v) is 7.74. The van der Waals surface area contributed by atoms with Gasteiger partial charge in [-0.3, -0.25) is 0 Å². The average molecular weight is 297 g/mol. The summed E-state index contributed by atoms with van der Waals surface area (Å²) < 4.78 is 29.3. The summed E-state index contributed by atoms with van der Waals surface area (Å²) in [7, 11) is -3.19. The predicted octanol–water partition coefficient (Wildman–Crippen LogP) is 1.49. The lowest BCUT2D eigenvalue weighted by Gasteiger charge is -2.11. The Morgan fingerprint density at radius 1 is 1.25 bits per heavy atom. The van der Waals surface area contributed by atoms with Gasteiger partial charge in [0.25, 0.3) is 0 Å². The number of sulfone groups is 1. The predicted molar refractivity (Wildman–Crippen MR) is 80.6 cm³/mol. The topological polar surface area (TPSA) is 69.4 Å². The zero-order chi connectivity index (χ0) is 15.0.